The molecule has 1 rings (SSSR count). The van der Waals surface area contributed by atoms with Crippen LogP contribution in [0.25, 0.3) is 0 Å². The summed E-state index contributed by atoms with van der Waals surface area (Å²) in [7, 11) is -3.52. The Morgan fingerprint density at radius 3 is 2.33 bits per heavy atom. The maximum absolute atomic E-state index is 12.4. The van der Waals surface area contributed by atoms with E-state index in [1.807, 2.05) is 6.92 Å². The Morgan fingerprint density at radius 1 is 1.33 bits per heavy atom. The molecule has 1 atom stereocenters. The number of hydrogen-bond acceptors (Lipinski definition) is 3. The Hall–Kier alpha value is -0.980. The summed E-state index contributed by atoms with van der Waals surface area (Å²) in [4.78, 5) is 0.521. The minimum atomic E-state index is -3.52. The number of sulfonamides is 1. The number of thiocarbonyl (C=S) groups is 1. The Kier molecular flexibility index (Phi) is 6.31. The lowest BCUT2D eigenvalue weighted by Gasteiger charge is -2.22. The maximum atomic E-state index is 12.4. The Labute approximate surface area is 133 Å². The number of aryl methyl sites for hydroxylation is 1. The van der Waals surface area contributed by atoms with E-state index in [9.17, 15) is 8.42 Å². The summed E-state index contributed by atoms with van der Waals surface area (Å²) < 4.78 is 27.6. The SMILES string of the molecule is CCC(CC)C(C)NS(=O)(=O)c1ccc(C(N)=S)c(C)c1. The van der Waals surface area contributed by atoms with Gasteiger partial charge in [-0.25, -0.2) is 13.1 Å². The third-order valence-electron chi connectivity index (χ3n) is 3.87. The molecule has 0 fully saturated rings. The van der Waals surface area contributed by atoms with Gasteiger partial charge in [-0.3, -0.25) is 0 Å². The largest absolute Gasteiger partial charge is 0.389 e. The fraction of sp³-hybridized carbons (Fsp3) is 0.533. The van der Waals surface area contributed by atoms with E-state index in [-0.39, 0.29) is 15.9 Å². The van der Waals surface area contributed by atoms with Crippen molar-refractivity contribution in [2.75, 3.05) is 0 Å². The van der Waals surface area contributed by atoms with Gasteiger partial charge in [0.15, 0.2) is 0 Å². The molecule has 1 aromatic rings. The molecule has 0 aromatic heterocycles. The van der Waals surface area contributed by atoms with E-state index in [2.05, 4.69) is 18.6 Å². The lowest BCUT2D eigenvalue weighted by atomic mass is 9.96. The molecule has 1 aromatic carbocycles. The first-order chi connectivity index (χ1) is 9.72. The van der Waals surface area contributed by atoms with Crippen LogP contribution in [0.2, 0.25) is 0 Å². The van der Waals surface area contributed by atoms with Gasteiger partial charge in [0.25, 0.3) is 0 Å². The van der Waals surface area contributed by atoms with Crippen LogP contribution in [-0.4, -0.2) is 19.4 Å². The van der Waals surface area contributed by atoms with Gasteiger partial charge in [-0.2, -0.15) is 0 Å². The standard InChI is InChI=1S/C15H24N2O2S2/c1-5-12(6-2)11(4)17-21(18,19)13-7-8-14(15(16)20)10(3)9-13/h7-9,11-12,17H,5-6H2,1-4H3,(H2,16,20). The van der Waals surface area contributed by atoms with Crippen molar-refractivity contribution in [1.82, 2.24) is 4.72 Å². The van der Waals surface area contributed by atoms with Crippen LogP contribution in [0.1, 0.15) is 44.7 Å². The van der Waals surface area contributed by atoms with Gasteiger partial charge in [-0.15, -0.1) is 0 Å². The predicted molar refractivity (Wildman–Crippen MR) is 90.9 cm³/mol. The zero-order chi connectivity index (χ0) is 16.2. The van der Waals surface area contributed by atoms with Crippen LogP contribution in [0.3, 0.4) is 0 Å². The summed E-state index contributed by atoms with van der Waals surface area (Å²) in [5.74, 6) is 0.330. The molecular weight excluding hydrogens is 304 g/mol. The lowest BCUT2D eigenvalue weighted by molar-refractivity contribution is 0.390. The average molecular weight is 329 g/mol. The van der Waals surface area contributed by atoms with Crippen LogP contribution < -0.4 is 10.5 Å². The molecule has 0 amide bonds. The lowest BCUT2D eigenvalue weighted by Crippen LogP contribution is -2.37. The van der Waals surface area contributed by atoms with Crippen LogP contribution >= 0.6 is 12.2 Å². The van der Waals surface area contributed by atoms with E-state index in [0.717, 1.165) is 18.4 Å². The van der Waals surface area contributed by atoms with Crippen molar-refractivity contribution in [3.05, 3.63) is 29.3 Å². The molecule has 0 spiro atoms. The average Bonchev–Trinajstić information content (AvgIpc) is 2.38. The van der Waals surface area contributed by atoms with Crippen LogP contribution in [0.15, 0.2) is 23.1 Å². The molecule has 0 saturated carbocycles. The highest BCUT2D eigenvalue weighted by Gasteiger charge is 2.22. The molecule has 0 radical (unpaired) electrons. The monoisotopic (exact) mass is 328 g/mol. The summed E-state index contributed by atoms with van der Waals surface area (Å²) in [6.45, 7) is 7.85. The molecule has 0 aliphatic carbocycles. The maximum Gasteiger partial charge on any atom is 0.240 e. The van der Waals surface area contributed by atoms with E-state index in [1.165, 1.54) is 0 Å². The summed E-state index contributed by atoms with van der Waals surface area (Å²) >= 11 is 4.93. The first-order valence-electron chi connectivity index (χ1n) is 7.15. The number of benzene rings is 1. The van der Waals surface area contributed by atoms with E-state index in [1.54, 1.807) is 25.1 Å². The first kappa shape index (κ1) is 18.1. The van der Waals surface area contributed by atoms with E-state index in [4.69, 9.17) is 18.0 Å². The zero-order valence-corrected chi connectivity index (χ0v) is 14.6. The summed E-state index contributed by atoms with van der Waals surface area (Å²) in [6, 6.07) is 4.72. The highest BCUT2D eigenvalue weighted by molar-refractivity contribution is 7.89. The van der Waals surface area contributed by atoms with Gasteiger partial charge in [0.05, 0.1) is 4.90 Å². The second kappa shape index (κ2) is 7.33. The molecule has 21 heavy (non-hydrogen) atoms. The minimum absolute atomic E-state index is 0.0967. The smallest absolute Gasteiger partial charge is 0.240 e. The van der Waals surface area contributed by atoms with Gasteiger partial charge in [0.2, 0.25) is 10.0 Å². The molecule has 4 nitrogen and oxygen atoms in total. The van der Waals surface area contributed by atoms with Gasteiger partial charge in [0, 0.05) is 11.6 Å². The molecule has 1 unspecified atom stereocenters. The molecule has 0 heterocycles. The van der Waals surface area contributed by atoms with Crippen molar-refractivity contribution in [2.45, 2.75) is 51.5 Å². The van der Waals surface area contributed by atoms with E-state index < -0.39 is 10.0 Å². The molecule has 0 aliphatic heterocycles. The molecule has 118 valence electrons. The number of nitrogens with two attached hydrogens (primary N) is 1. The van der Waals surface area contributed by atoms with Crippen molar-refractivity contribution >= 4 is 27.2 Å². The number of rotatable bonds is 7. The molecule has 6 heteroatoms. The van der Waals surface area contributed by atoms with Crippen LogP contribution in [0.4, 0.5) is 0 Å². The topological polar surface area (TPSA) is 72.2 Å². The summed E-state index contributed by atoms with van der Waals surface area (Å²) in [6.07, 6.45) is 1.89. The van der Waals surface area contributed by atoms with Crippen molar-refractivity contribution in [3.8, 4) is 0 Å². The van der Waals surface area contributed by atoms with E-state index >= 15 is 0 Å². The predicted octanol–water partition coefficient (Wildman–Crippen LogP) is 2.73. The van der Waals surface area contributed by atoms with Crippen LogP contribution in [0.5, 0.6) is 0 Å². The highest BCUT2D eigenvalue weighted by Crippen LogP contribution is 2.19. The fourth-order valence-corrected chi connectivity index (χ4v) is 4.11. The molecule has 0 saturated heterocycles. The Morgan fingerprint density at radius 2 is 1.90 bits per heavy atom. The quantitative estimate of drug-likeness (QED) is 0.755. The zero-order valence-electron chi connectivity index (χ0n) is 13.0. The van der Waals surface area contributed by atoms with Crippen molar-refractivity contribution in [2.24, 2.45) is 11.7 Å². The second-order valence-electron chi connectivity index (χ2n) is 5.33. The molecular formula is C15H24N2O2S2. The highest BCUT2D eigenvalue weighted by atomic mass is 32.2. The summed E-state index contributed by atoms with van der Waals surface area (Å²) in [5.41, 5.74) is 7.07. The van der Waals surface area contributed by atoms with Crippen LogP contribution in [0, 0.1) is 12.8 Å². The summed E-state index contributed by atoms with van der Waals surface area (Å²) in [5, 5.41) is 0. The van der Waals surface area contributed by atoms with Gasteiger partial charge in [-0.1, -0.05) is 45.0 Å². The van der Waals surface area contributed by atoms with Crippen molar-refractivity contribution in [1.29, 1.82) is 0 Å². The number of hydrogen-bond donors (Lipinski definition) is 2. The number of nitrogens with one attached hydrogen (secondary N) is 1. The molecule has 3 N–H and O–H groups in total. The molecule has 0 bridgehead atoms. The fourth-order valence-electron chi connectivity index (χ4n) is 2.48. The van der Waals surface area contributed by atoms with Crippen LogP contribution in [-0.2, 0) is 10.0 Å². The minimum Gasteiger partial charge on any atom is -0.389 e. The van der Waals surface area contributed by atoms with Gasteiger partial charge in [0.1, 0.15) is 4.99 Å². The Bertz CT molecular complexity index is 608. The van der Waals surface area contributed by atoms with Gasteiger partial charge >= 0.3 is 0 Å². The third kappa shape index (κ3) is 4.49. The van der Waals surface area contributed by atoms with Crippen molar-refractivity contribution < 1.29 is 8.42 Å². The second-order valence-corrected chi connectivity index (χ2v) is 7.48. The molecule has 0 aliphatic rings. The van der Waals surface area contributed by atoms with Crippen molar-refractivity contribution in [3.63, 3.8) is 0 Å². The Balaban J connectivity index is 3.03. The third-order valence-corrected chi connectivity index (χ3v) is 5.65. The normalized spacial score (nSPS) is 13.4. The van der Waals surface area contributed by atoms with E-state index in [0.29, 0.717) is 11.5 Å². The van der Waals surface area contributed by atoms with Gasteiger partial charge < -0.3 is 5.73 Å². The first-order valence-corrected chi connectivity index (χ1v) is 9.04. The van der Waals surface area contributed by atoms with Gasteiger partial charge in [-0.05, 0) is 37.5 Å².